The van der Waals surface area contributed by atoms with E-state index in [0.29, 0.717) is 12.0 Å². The second kappa shape index (κ2) is 5.87. The van der Waals surface area contributed by atoms with E-state index in [2.05, 4.69) is 47.8 Å². The fourth-order valence-electron chi connectivity index (χ4n) is 2.45. The van der Waals surface area contributed by atoms with Crippen LogP contribution in [0.5, 0.6) is 0 Å². The molecule has 1 aliphatic rings. The van der Waals surface area contributed by atoms with Gasteiger partial charge < -0.3 is 5.32 Å². The van der Waals surface area contributed by atoms with Gasteiger partial charge in [0.05, 0.1) is 6.04 Å². The van der Waals surface area contributed by atoms with Crippen molar-refractivity contribution >= 4 is 11.6 Å². The lowest BCUT2D eigenvalue weighted by Gasteiger charge is -2.15. The molecule has 0 bridgehead atoms. The molecule has 0 unspecified atom stereocenters. The molecule has 0 atom stereocenters. The van der Waals surface area contributed by atoms with Crippen LogP contribution in [0, 0.1) is 13.8 Å². The molecule has 1 aliphatic carbocycles. The summed E-state index contributed by atoms with van der Waals surface area (Å²) in [5, 5.41) is 3.31. The summed E-state index contributed by atoms with van der Waals surface area (Å²) in [6.45, 7) is 4.16. The number of aliphatic imine (C=N–C) groups is 1. The molecule has 0 saturated heterocycles. The quantitative estimate of drug-likeness (QED) is 0.325. The molecule has 1 aromatic rings. The molecular weight excluding hydrogens is 224 g/mol. The van der Waals surface area contributed by atoms with Gasteiger partial charge >= 0.3 is 0 Å². The third-order valence-electron chi connectivity index (χ3n) is 3.50. The smallest absolute Gasteiger partial charge is 0.210 e. The van der Waals surface area contributed by atoms with E-state index in [9.17, 15) is 0 Å². The van der Waals surface area contributed by atoms with E-state index in [1.165, 1.54) is 36.8 Å². The number of hydrazine groups is 1. The molecule has 98 valence electrons. The number of anilines is 1. The number of benzene rings is 1. The fraction of sp³-hybridized carbons (Fsp3) is 0.500. The number of rotatable bonds is 2. The molecule has 4 nitrogen and oxygen atoms in total. The van der Waals surface area contributed by atoms with Crippen molar-refractivity contribution in [3.8, 4) is 0 Å². The number of guanidine groups is 1. The van der Waals surface area contributed by atoms with Crippen LogP contribution >= 0.6 is 0 Å². The second-order valence-corrected chi connectivity index (χ2v) is 4.95. The van der Waals surface area contributed by atoms with Gasteiger partial charge in [0.15, 0.2) is 0 Å². The van der Waals surface area contributed by atoms with Crippen LogP contribution in [-0.2, 0) is 0 Å². The van der Waals surface area contributed by atoms with Crippen LogP contribution in [0.1, 0.15) is 36.8 Å². The maximum absolute atomic E-state index is 5.56. The van der Waals surface area contributed by atoms with Crippen molar-refractivity contribution in [2.75, 3.05) is 5.32 Å². The van der Waals surface area contributed by atoms with Crippen molar-refractivity contribution in [2.45, 2.75) is 45.6 Å². The molecule has 4 N–H and O–H groups in total. The van der Waals surface area contributed by atoms with E-state index in [1.54, 1.807) is 0 Å². The fourth-order valence-corrected chi connectivity index (χ4v) is 2.45. The molecule has 1 fully saturated rings. The zero-order valence-electron chi connectivity index (χ0n) is 11.2. The Hall–Kier alpha value is -1.55. The minimum Gasteiger partial charge on any atom is -0.325 e. The molecular formula is C14H22N4. The van der Waals surface area contributed by atoms with Crippen molar-refractivity contribution < 1.29 is 0 Å². The van der Waals surface area contributed by atoms with Crippen molar-refractivity contribution in [3.05, 3.63) is 29.3 Å². The first kappa shape index (κ1) is 12.9. The van der Waals surface area contributed by atoms with Gasteiger partial charge in [0.1, 0.15) is 0 Å². The van der Waals surface area contributed by atoms with Gasteiger partial charge in [-0.1, -0.05) is 31.0 Å². The molecule has 0 heterocycles. The van der Waals surface area contributed by atoms with Crippen LogP contribution in [0.2, 0.25) is 0 Å². The zero-order chi connectivity index (χ0) is 13.0. The van der Waals surface area contributed by atoms with Gasteiger partial charge in [0.2, 0.25) is 5.96 Å². The summed E-state index contributed by atoms with van der Waals surface area (Å²) in [6, 6.07) is 6.63. The average molecular weight is 246 g/mol. The van der Waals surface area contributed by atoms with E-state index in [1.807, 2.05) is 0 Å². The van der Waals surface area contributed by atoms with Crippen LogP contribution in [0.15, 0.2) is 23.2 Å². The first-order valence-electron chi connectivity index (χ1n) is 6.58. The molecule has 0 spiro atoms. The first-order valence-corrected chi connectivity index (χ1v) is 6.58. The summed E-state index contributed by atoms with van der Waals surface area (Å²) >= 11 is 0. The van der Waals surface area contributed by atoms with Crippen LogP contribution in [0.4, 0.5) is 5.69 Å². The SMILES string of the molecule is Cc1cccc(C)c1NC(=NC1CCCC1)NN. The average Bonchev–Trinajstić information content (AvgIpc) is 2.85. The Kier molecular flexibility index (Phi) is 4.20. The minimum atomic E-state index is 0.410. The summed E-state index contributed by atoms with van der Waals surface area (Å²) in [7, 11) is 0. The molecule has 2 rings (SSSR count). The molecule has 0 radical (unpaired) electrons. The predicted octanol–water partition coefficient (Wildman–Crippen LogP) is 2.48. The molecule has 1 aromatic carbocycles. The molecule has 0 amide bonds. The highest BCUT2D eigenvalue weighted by Gasteiger charge is 2.15. The Balaban J connectivity index is 2.14. The number of hydrogen-bond donors (Lipinski definition) is 3. The number of nitrogens with one attached hydrogen (secondary N) is 2. The van der Waals surface area contributed by atoms with Gasteiger partial charge in [0.25, 0.3) is 0 Å². The lowest BCUT2D eigenvalue weighted by Crippen LogP contribution is -2.37. The zero-order valence-corrected chi connectivity index (χ0v) is 11.2. The van der Waals surface area contributed by atoms with Gasteiger partial charge in [-0.15, -0.1) is 0 Å². The molecule has 18 heavy (non-hydrogen) atoms. The summed E-state index contributed by atoms with van der Waals surface area (Å²) in [5.74, 6) is 6.22. The third-order valence-corrected chi connectivity index (χ3v) is 3.50. The molecule has 4 heteroatoms. The molecule has 0 aromatic heterocycles. The van der Waals surface area contributed by atoms with E-state index in [0.717, 1.165) is 5.69 Å². The standard InChI is InChI=1S/C14H22N4/c1-10-6-5-7-11(2)13(10)17-14(18-15)16-12-8-3-4-9-12/h5-7,12H,3-4,8-9,15H2,1-2H3,(H2,16,17,18). The Labute approximate surface area is 109 Å². The van der Waals surface area contributed by atoms with Crippen molar-refractivity contribution in [1.82, 2.24) is 5.43 Å². The largest absolute Gasteiger partial charge is 0.325 e. The van der Waals surface area contributed by atoms with Crippen molar-refractivity contribution in [3.63, 3.8) is 0 Å². The summed E-state index contributed by atoms with van der Waals surface area (Å²) < 4.78 is 0. The highest BCUT2D eigenvalue weighted by molar-refractivity contribution is 5.94. The van der Waals surface area contributed by atoms with E-state index in [-0.39, 0.29) is 0 Å². The van der Waals surface area contributed by atoms with E-state index < -0.39 is 0 Å². The third kappa shape index (κ3) is 3.01. The molecule has 0 aliphatic heterocycles. The highest BCUT2D eigenvalue weighted by atomic mass is 15.3. The van der Waals surface area contributed by atoms with Gasteiger partial charge in [-0.25, -0.2) is 10.8 Å². The Morgan fingerprint density at radius 3 is 2.39 bits per heavy atom. The van der Waals surface area contributed by atoms with Crippen LogP contribution in [0.3, 0.4) is 0 Å². The van der Waals surface area contributed by atoms with Crippen LogP contribution in [-0.4, -0.2) is 12.0 Å². The van der Waals surface area contributed by atoms with E-state index >= 15 is 0 Å². The van der Waals surface area contributed by atoms with Gasteiger partial charge in [-0.05, 0) is 37.8 Å². The monoisotopic (exact) mass is 246 g/mol. The first-order chi connectivity index (χ1) is 8.70. The topological polar surface area (TPSA) is 62.4 Å². The van der Waals surface area contributed by atoms with Gasteiger partial charge in [0, 0.05) is 5.69 Å². The number of hydrogen-bond acceptors (Lipinski definition) is 2. The maximum Gasteiger partial charge on any atom is 0.210 e. The van der Waals surface area contributed by atoms with Gasteiger partial charge in [-0.3, -0.25) is 5.43 Å². The number of nitrogens with two attached hydrogens (primary N) is 1. The lowest BCUT2D eigenvalue weighted by molar-refractivity contribution is 0.700. The molecule has 1 saturated carbocycles. The van der Waals surface area contributed by atoms with Gasteiger partial charge in [-0.2, -0.15) is 0 Å². The maximum atomic E-state index is 5.56. The highest BCUT2D eigenvalue weighted by Crippen LogP contribution is 2.22. The minimum absolute atomic E-state index is 0.410. The second-order valence-electron chi connectivity index (χ2n) is 4.95. The Morgan fingerprint density at radius 1 is 1.22 bits per heavy atom. The Morgan fingerprint density at radius 2 is 1.83 bits per heavy atom. The summed E-state index contributed by atoms with van der Waals surface area (Å²) in [6.07, 6.45) is 4.88. The van der Waals surface area contributed by atoms with Crippen LogP contribution in [0.25, 0.3) is 0 Å². The summed E-state index contributed by atoms with van der Waals surface area (Å²) in [4.78, 5) is 4.64. The van der Waals surface area contributed by atoms with Crippen molar-refractivity contribution in [2.24, 2.45) is 10.8 Å². The van der Waals surface area contributed by atoms with Crippen LogP contribution < -0.4 is 16.6 Å². The number of aryl methyl sites for hydroxylation is 2. The Bertz CT molecular complexity index is 413. The van der Waals surface area contributed by atoms with Crippen molar-refractivity contribution in [1.29, 1.82) is 0 Å². The number of para-hydroxylation sites is 1. The normalized spacial score (nSPS) is 16.9. The lowest BCUT2D eigenvalue weighted by atomic mass is 10.1. The van der Waals surface area contributed by atoms with E-state index in [4.69, 9.17) is 5.84 Å². The summed E-state index contributed by atoms with van der Waals surface area (Å²) in [5.41, 5.74) is 6.16. The predicted molar refractivity (Wildman–Crippen MR) is 76.6 cm³/mol. The number of nitrogens with zero attached hydrogens (tertiary/aromatic N) is 1.